The van der Waals surface area contributed by atoms with Gasteiger partial charge in [0.25, 0.3) is 0 Å². The van der Waals surface area contributed by atoms with Gasteiger partial charge in [-0.05, 0) is 17.9 Å². The Kier molecular flexibility index (Phi) is 1.95. The number of halogens is 3. The number of fused-ring (bicyclic) bond motifs is 1. The predicted molar refractivity (Wildman–Crippen MR) is 48.3 cm³/mol. The van der Waals surface area contributed by atoms with Crippen molar-refractivity contribution in [2.45, 2.75) is 0 Å². The maximum Gasteiger partial charge on any atom is 0.195 e. The van der Waals surface area contributed by atoms with Crippen LogP contribution in [0.15, 0.2) is 24.3 Å². The van der Waals surface area contributed by atoms with Crippen LogP contribution in [0.3, 0.4) is 0 Å². The molecule has 71 valence electrons. The summed E-state index contributed by atoms with van der Waals surface area (Å²) in [7, 11) is 0. The second-order valence-corrected chi connectivity index (χ2v) is 2.97. The van der Waals surface area contributed by atoms with Crippen LogP contribution in [0.5, 0.6) is 0 Å². The minimum Gasteiger partial charge on any atom is -0.203 e. The molecule has 14 heavy (non-hydrogen) atoms. The second-order valence-electron chi connectivity index (χ2n) is 2.97. The first-order valence-electron chi connectivity index (χ1n) is 4.00. The monoisotopic (exact) mass is 195 g/mol. The maximum absolute atomic E-state index is 13.2. The van der Waals surface area contributed by atoms with Crippen LogP contribution in [0.2, 0.25) is 0 Å². The zero-order valence-electron chi connectivity index (χ0n) is 7.15. The van der Waals surface area contributed by atoms with Gasteiger partial charge in [0.2, 0.25) is 0 Å². The van der Waals surface area contributed by atoms with Gasteiger partial charge in [-0.1, -0.05) is 24.3 Å². The highest BCUT2D eigenvalue weighted by atomic mass is 19.2. The van der Waals surface area contributed by atoms with Crippen LogP contribution >= 0.6 is 0 Å². The van der Waals surface area contributed by atoms with Gasteiger partial charge in [0.05, 0.1) is 0 Å². The molecule has 0 aromatic heterocycles. The Balaban J connectivity index is 3.02. The highest BCUT2D eigenvalue weighted by Gasteiger charge is 2.16. The van der Waals surface area contributed by atoms with E-state index in [0.717, 1.165) is 0 Å². The van der Waals surface area contributed by atoms with E-state index in [9.17, 15) is 13.2 Å². The summed E-state index contributed by atoms with van der Waals surface area (Å²) in [4.78, 5) is 0. The molecule has 0 bridgehead atoms. The fraction of sp³-hybridized carbons (Fsp3) is 0. The molecule has 0 nitrogen and oxygen atoms in total. The molecule has 0 N–H and O–H groups in total. The van der Waals surface area contributed by atoms with E-state index in [4.69, 9.17) is 0 Å². The SMILES string of the molecule is [CH2]c1c(F)c(F)c(F)c2ccccc12. The summed E-state index contributed by atoms with van der Waals surface area (Å²) in [5, 5.41) is 0.348. The number of benzene rings is 2. The molecule has 2 aromatic carbocycles. The molecule has 2 rings (SSSR count). The third kappa shape index (κ3) is 1.09. The first-order chi connectivity index (χ1) is 6.63. The van der Waals surface area contributed by atoms with Gasteiger partial charge in [0, 0.05) is 5.39 Å². The van der Waals surface area contributed by atoms with Crippen molar-refractivity contribution in [3.05, 3.63) is 54.2 Å². The van der Waals surface area contributed by atoms with Crippen molar-refractivity contribution in [3.63, 3.8) is 0 Å². The minimum atomic E-state index is -1.46. The third-order valence-corrected chi connectivity index (χ3v) is 2.14. The van der Waals surface area contributed by atoms with Crippen molar-refractivity contribution < 1.29 is 13.2 Å². The number of hydrogen-bond donors (Lipinski definition) is 0. The van der Waals surface area contributed by atoms with Gasteiger partial charge in [-0.15, -0.1) is 0 Å². The van der Waals surface area contributed by atoms with E-state index in [-0.39, 0.29) is 10.9 Å². The topological polar surface area (TPSA) is 0 Å². The van der Waals surface area contributed by atoms with Crippen molar-refractivity contribution >= 4 is 10.8 Å². The highest BCUT2D eigenvalue weighted by Crippen LogP contribution is 2.26. The summed E-state index contributed by atoms with van der Waals surface area (Å²) in [6.07, 6.45) is 0. The Morgan fingerprint density at radius 1 is 0.786 bits per heavy atom. The average Bonchev–Trinajstić information content (AvgIpc) is 2.23. The molecule has 0 spiro atoms. The average molecular weight is 195 g/mol. The third-order valence-electron chi connectivity index (χ3n) is 2.14. The minimum absolute atomic E-state index is 0.0522. The van der Waals surface area contributed by atoms with Crippen LogP contribution < -0.4 is 0 Å². The lowest BCUT2D eigenvalue weighted by Crippen LogP contribution is -1.96. The Morgan fingerprint density at radius 2 is 1.36 bits per heavy atom. The molecule has 0 saturated carbocycles. The van der Waals surface area contributed by atoms with Gasteiger partial charge in [-0.2, -0.15) is 0 Å². The van der Waals surface area contributed by atoms with Crippen molar-refractivity contribution in [2.24, 2.45) is 0 Å². The standard InChI is InChI=1S/C11H6F3/c1-6-7-4-2-3-5-8(7)10(13)11(14)9(6)12/h2-5H,1H2. The molecule has 0 aliphatic carbocycles. The quantitative estimate of drug-likeness (QED) is 0.565. The van der Waals surface area contributed by atoms with E-state index in [1.54, 1.807) is 12.1 Å². The molecule has 0 atom stereocenters. The van der Waals surface area contributed by atoms with E-state index in [1.165, 1.54) is 12.1 Å². The number of rotatable bonds is 0. The summed E-state index contributed by atoms with van der Waals surface area (Å²) in [6, 6.07) is 6.07. The van der Waals surface area contributed by atoms with Crippen molar-refractivity contribution in [2.75, 3.05) is 0 Å². The van der Waals surface area contributed by atoms with Crippen molar-refractivity contribution in [1.29, 1.82) is 0 Å². The van der Waals surface area contributed by atoms with Crippen LogP contribution in [0.1, 0.15) is 5.56 Å². The molecule has 0 fully saturated rings. The molecule has 0 aliphatic heterocycles. The zero-order chi connectivity index (χ0) is 10.3. The largest absolute Gasteiger partial charge is 0.203 e. The molecule has 1 radical (unpaired) electrons. The smallest absolute Gasteiger partial charge is 0.195 e. The fourth-order valence-corrected chi connectivity index (χ4v) is 1.40. The van der Waals surface area contributed by atoms with Crippen molar-refractivity contribution in [1.82, 2.24) is 0 Å². The van der Waals surface area contributed by atoms with Crippen LogP contribution in [-0.4, -0.2) is 0 Å². The van der Waals surface area contributed by atoms with Crippen molar-refractivity contribution in [3.8, 4) is 0 Å². The van der Waals surface area contributed by atoms with E-state index in [0.29, 0.717) is 5.39 Å². The molecule has 0 saturated heterocycles. The maximum atomic E-state index is 13.2. The zero-order valence-corrected chi connectivity index (χ0v) is 7.15. The molecule has 0 amide bonds. The van der Waals surface area contributed by atoms with Crippen LogP contribution in [0.25, 0.3) is 10.8 Å². The molecule has 0 unspecified atom stereocenters. The van der Waals surface area contributed by atoms with Gasteiger partial charge < -0.3 is 0 Å². The first-order valence-corrected chi connectivity index (χ1v) is 4.00. The van der Waals surface area contributed by atoms with E-state index >= 15 is 0 Å². The Labute approximate surface area is 79.0 Å². The van der Waals surface area contributed by atoms with Crippen LogP contribution in [0.4, 0.5) is 13.2 Å². The lowest BCUT2D eigenvalue weighted by atomic mass is 10.0. The molecular weight excluding hydrogens is 189 g/mol. The Bertz CT molecular complexity index is 457. The van der Waals surface area contributed by atoms with Gasteiger partial charge in [-0.25, -0.2) is 13.2 Å². The van der Waals surface area contributed by atoms with Gasteiger partial charge >= 0.3 is 0 Å². The first kappa shape index (κ1) is 9.06. The lowest BCUT2D eigenvalue weighted by Gasteiger charge is -2.05. The summed E-state index contributed by atoms with van der Waals surface area (Å²) >= 11 is 0. The predicted octanol–water partition coefficient (Wildman–Crippen LogP) is 3.44. The van der Waals surface area contributed by atoms with E-state index in [2.05, 4.69) is 6.92 Å². The summed E-state index contributed by atoms with van der Waals surface area (Å²) < 4.78 is 39.2. The lowest BCUT2D eigenvalue weighted by molar-refractivity contribution is 0.452. The Hall–Kier alpha value is -1.51. The fourth-order valence-electron chi connectivity index (χ4n) is 1.40. The highest BCUT2D eigenvalue weighted by molar-refractivity contribution is 5.87. The summed E-state index contributed by atoms with van der Waals surface area (Å²) in [6.45, 7) is 3.37. The molecule has 3 heteroatoms. The van der Waals surface area contributed by atoms with Gasteiger partial charge in [0.1, 0.15) is 0 Å². The Morgan fingerprint density at radius 3 is 2.00 bits per heavy atom. The van der Waals surface area contributed by atoms with Gasteiger partial charge in [-0.3, -0.25) is 0 Å². The number of hydrogen-bond acceptors (Lipinski definition) is 0. The molecule has 0 heterocycles. The van der Waals surface area contributed by atoms with Crippen LogP contribution in [0, 0.1) is 24.4 Å². The summed E-state index contributed by atoms with van der Waals surface area (Å²) in [5.74, 6) is -3.85. The molecular formula is C11H6F3. The second kappa shape index (κ2) is 3.01. The van der Waals surface area contributed by atoms with E-state index < -0.39 is 17.5 Å². The summed E-state index contributed by atoms with van der Waals surface area (Å²) in [5.41, 5.74) is -0.112. The van der Waals surface area contributed by atoms with E-state index in [1.807, 2.05) is 0 Å². The van der Waals surface area contributed by atoms with Gasteiger partial charge in [0.15, 0.2) is 17.5 Å². The molecule has 2 aromatic rings. The normalized spacial score (nSPS) is 10.9. The molecule has 0 aliphatic rings. The van der Waals surface area contributed by atoms with Crippen LogP contribution in [-0.2, 0) is 0 Å².